The van der Waals surface area contributed by atoms with E-state index in [2.05, 4.69) is 15.6 Å². The van der Waals surface area contributed by atoms with Gasteiger partial charge in [0.05, 0.1) is 5.69 Å². The summed E-state index contributed by atoms with van der Waals surface area (Å²) in [5.74, 6) is -2.70. The molecule has 0 aliphatic rings. The molecule has 2 amide bonds. The predicted octanol–water partition coefficient (Wildman–Crippen LogP) is 4.18. The van der Waals surface area contributed by atoms with Gasteiger partial charge < -0.3 is 15.4 Å². The molecule has 162 valence electrons. The van der Waals surface area contributed by atoms with Crippen molar-refractivity contribution in [3.8, 4) is 5.75 Å². The van der Waals surface area contributed by atoms with E-state index in [1.54, 1.807) is 31.2 Å². The topological polar surface area (TPSA) is 80.3 Å². The molecule has 0 aliphatic carbocycles. The minimum absolute atomic E-state index is 0.111. The van der Waals surface area contributed by atoms with Crippen LogP contribution in [0.1, 0.15) is 32.0 Å². The third kappa shape index (κ3) is 5.56. The van der Waals surface area contributed by atoms with Crippen LogP contribution in [0.15, 0.2) is 42.5 Å². The average molecular weight is 466 g/mol. The number of benzene rings is 2. The molecule has 0 bridgehead atoms. The van der Waals surface area contributed by atoms with Crippen molar-refractivity contribution in [1.82, 2.24) is 15.6 Å². The molecule has 1 aromatic heterocycles. The van der Waals surface area contributed by atoms with Crippen LogP contribution in [0.3, 0.4) is 0 Å². The number of carbonyl (C=O) groups is 2. The van der Waals surface area contributed by atoms with Crippen molar-refractivity contribution in [1.29, 1.82) is 0 Å². The fraction of sp³-hybridized carbons (Fsp3) is 0.190. The largest absolute Gasteiger partial charge is 0.486 e. The zero-order valence-corrected chi connectivity index (χ0v) is 18.1. The summed E-state index contributed by atoms with van der Waals surface area (Å²) >= 11 is 6.96. The number of nitrogens with one attached hydrogen (secondary N) is 2. The minimum atomic E-state index is -1.21. The number of rotatable bonds is 7. The Morgan fingerprint density at radius 1 is 1.16 bits per heavy atom. The number of amides is 2. The zero-order valence-electron chi connectivity index (χ0n) is 16.5. The lowest BCUT2D eigenvalue weighted by Crippen LogP contribution is -2.39. The van der Waals surface area contributed by atoms with Crippen molar-refractivity contribution < 1.29 is 23.1 Å². The maximum absolute atomic E-state index is 13.6. The van der Waals surface area contributed by atoms with Gasteiger partial charge in [0, 0.05) is 12.1 Å². The zero-order chi connectivity index (χ0) is 22.5. The third-order valence-corrected chi connectivity index (χ3v) is 5.67. The number of carbonyl (C=O) groups excluding carboxylic acids is 2. The first-order valence-corrected chi connectivity index (χ1v) is 10.3. The lowest BCUT2D eigenvalue weighted by atomic mass is 10.1. The smallest absolute Gasteiger partial charge is 0.264 e. The lowest BCUT2D eigenvalue weighted by molar-refractivity contribution is -0.122. The van der Waals surface area contributed by atoms with Crippen LogP contribution in [0.25, 0.3) is 0 Å². The number of hydrogen-bond acceptors (Lipinski definition) is 5. The summed E-state index contributed by atoms with van der Waals surface area (Å²) in [5, 5.41) is 6.10. The van der Waals surface area contributed by atoms with Gasteiger partial charge in [-0.05, 0) is 48.9 Å². The molecule has 2 aromatic carbocycles. The van der Waals surface area contributed by atoms with Gasteiger partial charge in [0.1, 0.15) is 28.3 Å². The van der Waals surface area contributed by atoms with Crippen LogP contribution < -0.4 is 15.4 Å². The van der Waals surface area contributed by atoms with Gasteiger partial charge in [-0.1, -0.05) is 17.7 Å². The Hall–Kier alpha value is -3.04. The highest BCUT2D eigenvalue weighted by molar-refractivity contribution is 7.13. The van der Waals surface area contributed by atoms with Crippen molar-refractivity contribution in [3.63, 3.8) is 0 Å². The van der Waals surface area contributed by atoms with Crippen molar-refractivity contribution in [2.75, 3.05) is 7.05 Å². The molecule has 10 heteroatoms. The highest BCUT2D eigenvalue weighted by atomic mass is 35.5. The summed E-state index contributed by atoms with van der Waals surface area (Å²) in [6.07, 6.45) is 0. The Morgan fingerprint density at radius 3 is 2.52 bits per heavy atom. The Bertz CT molecular complexity index is 1110. The van der Waals surface area contributed by atoms with E-state index in [1.807, 2.05) is 0 Å². The van der Waals surface area contributed by atoms with Gasteiger partial charge in [0.2, 0.25) is 5.91 Å². The summed E-state index contributed by atoms with van der Waals surface area (Å²) < 4.78 is 32.5. The fourth-order valence-corrected chi connectivity index (χ4v) is 3.74. The standard InChI is InChI=1S/C21H18ClF2N3O3S/c1-11-19(31-17(26-11)10-30-14-6-4-13(22)5-7-14)21(29)27-18(20(28)25-2)12-3-8-15(23)16(24)9-12/h3-9,18H,10H2,1-2H3,(H,25,28)(H,27,29). The van der Waals surface area contributed by atoms with Crippen LogP contribution in [0.5, 0.6) is 5.75 Å². The minimum Gasteiger partial charge on any atom is -0.486 e. The fourth-order valence-electron chi connectivity index (χ4n) is 2.73. The molecular weight excluding hydrogens is 448 g/mol. The normalized spacial score (nSPS) is 11.6. The second-order valence-electron chi connectivity index (χ2n) is 6.46. The summed E-state index contributed by atoms with van der Waals surface area (Å²) in [5.41, 5.74) is 0.568. The molecule has 0 saturated carbocycles. The molecule has 3 aromatic rings. The number of aryl methyl sites for hydroxylation is 1. The number of halogens is 3. The average Bonchev–Trinajstić information content (AvgIpc) is 3.13. The first kappa shape index (κ1) is 22.6. The van der Waals surface area contributed by atoms with Gasteiger partial charge in [-0.2, -0.15) is 0 Å². The Morgan fingerprint density at radius 2 is 1.87 bits per heavy atom. The molecule has 6 nitrogen and oxygen atoms in total. The van der Waals surface area contributed by atoms with E-state index >= 15 is 0 Å². The molecule has 31 heavy (non-hydrogen) atoms. The Labute approximate surface area is 186 Å². The Kier molecular flexibility index (Phi) is 7.19. The number of ether oxygens (including phenoxy) is 1. The van der Waals surface area contributed by atoms with Crippen molar-refractivity contribution in [2.24, 2.45) is 0 Å². The van der Waals surface area contributed by atoms with E-state index in [9.17, 15) is 18.4 Å². The van der Waals surface area contributed by atoms with Gasteiger partial charge in [0.25, 0.3) is 5.91 Å². The van der Waals surface area contributed by atoms with E-state index in [-0.39, 0.29) is 17.0 Å². The van der Waals surface area contributed by atoms with Gasteiger partial charge in [-0.25, -0.2) is 13.8 Å². The first-order chi connectivity index (χ1) is 14.8. The Balaban J connectivity index is 1.75. The van der Waals surface area contributed by atoms with Gasteiger partial charge in [0.15, 0.2) is 11.6 Å². The van der Waals surface area contributed by atoms with E-state index in [0.717, 1.165) is 23.5 Å². The van der Waals surface area contributed by atoms with E-state index in [0.29, 0.717) is 21.5 Å². The molecular formula is C21H18ClF2N3O3S. The maximum atomic E-state index is 13.6. The first-order valence-electron chi connectivity index (χ1n) is 9.10. The van der Waals surface area contributed by atoms with Crippen molar-refractivity contribution in [3.05, 3.63) is 80.3 Å². The number of nitrogens with zero attached hydrogens (tertiary/aromatic N) is 1. The van der Waals surface area contributed by atoms with Crippen molar-refractivity contribution >= 4 is 34.8 Å². The number of aromatic nitrogens is 1. The second kappa shape index (κ2) is 9.84. The summed E-state index contributed by atoms with van der Waals surface area (Å²) in [6.45, 7) is 1.80. The summed E-state index contributed by atoms with van der Waals surface area (Å²) in [4.78, 5) is 29.7. The molecule has 0 fully saturated rings. The van der Waals surface area contributed by atoms with Crippen LogP contribution in [0.4, 0.5) is 8.78 Å². The number of thiazole rings is 1. The molecule has 3 rings (SSSR count). The molecule has 1 heterocycles. The van der Waals surface area contributed by atoms with Gasteiger partial charge >= 0.3 is 0 Å². The molecule has 1 atom stereocenters. The highest BCUT2D eigenvalue weighted by Crippen LogP contribution is 2.23. The van der Waals surface area contributed by atoms with Crippen LogP contribution >= 0.6 is 22.9 Å². The molecule has 0 aliphatic heterocycles. The molecule has 1 unspecified atom stereocenters. The molecule has 0 saturated heterocycles. The van der Waals surface area contributed by atoms with Crippen LogP contribution in [0.2, 0.25) is 5.02 Å². The van der Waals surface area contributed by atoms with Crippen LogP contribution in [-0.2, 0) is 11.4 Å². The van der Waals surface area contributed by atoms with Gasteiger partial charge in [-0.3, -0.25) is 9.59 Å². The second-order valence-corrected chi connectivity index (χ2v) is 7.98. The quantitative estimate of drug-likeness (QED) is 0.548. The van der Waals surface area contributed by atoms with E-state index < -0.39 is 29.5 Å². The maximum Gasteiger partial charge on any atom is 0.264 e. The van der Waals surface area contributed by atoms with Crippen LogP contribution in [0, 0.1) is 18.6 Å². The summed E-state index contributed by atoms with van der Waals surface area (Å²) in [6, 6.07) is 8.63. The monoisotopic (exact) mass is 465 g/mol. The molecule has 0 radical (unpaired) electrons. The van der Waals surface area contributed by atoms with E-state index in [4.69, 9.17) is 16.3 Å². The van der Waals surface area contributed by atoms with Gasteiger partial charge in [-0.15, -0.1) is 11.3 Å². The van der Waals surface area contributed by atoms with Crippen molar-refractivity contribution in [2.45, 2.75) is 19.6 Å². The van der Waals surface area contributed by atoms with Crippen LogP contribution in [-0.4, -0.2) is 23.8 Å². The predicted molar refractivity (Wildman–Crippen MR) is 113 cm³/mol. The lowest BCUT2D eigenvalue weighted by Gasteiger charge is -2.17. The van der Waals surface area contributed by atoms with E-state index in [1.165, 1.54) is 13.1 Å². The SMILES string of the molecule is CNC(=O)C(NC(=O)c1sc(COc2ccc(Cl)cc2)nc1C)c1ccc(F)c(F)c1. The third-order valence-electron chi connectivity index (χ3n) is 4.28. The number of hydrogen-bond donors (Lipinski definition) is 2. The highest BCUT2D eigenvalue weighted by Gasteiger charge is 2.25. The molecule has 0 spiro atoms. The number of likely N-dealkylation sites (N-methyl/N-ethyl adjacent to an activating group) is 1. The molecule has 2 N–H and O–H groups in total. The summed E-state index contributed by atoms with van der Waals surface area (Å²) in [7, 11) is 1.38.